The van der Waals surface area contributed by atoms with Gasteiger partial charge in [0, 0.05) is 19.3 Å². The lowest BCUT2D eigenvalue weighted by atomic mass is 10.1. The molecule has 29 heavy (non-hydrogen) atoms. The van der Waals surface area contributed by atoms with Crippen LogP contribution in [0.25, 0.3) is 21.9 Å². The van der Waals surface area contributed by atoms with Gasteiger partial charge >= 0.3 is 0 Å². The monoisotopic (exact) mass is 391 g/mol. The van der Waals surface area contributed by atoms with Gasteiger partial charge in [0.15, 0.2) is 11.5 Å². The van der Waals surface area contributed by atoms with Crippen molar-refractivity contribution in [2.45, 2.75) is 25.8 Å². The van der Waals surface area contributed by atoms with Crippen LogP contribution in [0.4, 0.5) is 5.82 Å². The van der Waals surface area contributed by atoms with Crippen molar-refractivity contribution in [1.82, 2.24) is 19.5 Å². The molecule has 7 heteroatoms. The molecule has 2 aromatic carbocycles. The maximum Gasteiger partial charge on any atom is 0.165 e. The highest BCUT2D eigenvalue weighted by molar-refractivity contribution is 5.85. The predicted octanol–water partition coefficient (Wildman–Crippen LogP) is 3.81. The first kappa shape index (κ1) is 19.1. The van der Waals surface area contributed by atoms with E-state index in [1.807, 2.05) is 16.7 Å². The third kappa shape index (κ3) is 4.30. The third-order valence-corrected chi connectivity index (χ3v) is 4.95. The highest BCUT2D eigenvalue weighted by atomic mass is 16.5. The summed E-state index contributed by atoms with van der Waals surface area (Å²) in [6, 6.07) is 12.6. The van der Waals surface area contributed by atoms with E-state index in [2.05, 4.69) is 39.2 Å². The second kappa shape index (κ2) is 8.87. The van der Waals surface area contributed by atoms with Gasteiger partial charge in [-0.1, -0.05) is 24.3 Å². The first-order valence-electron chi connectivity index (χ1n) is 9.81. The van der Waals surface area contributed by atoms with Gasteiger partial charge < -0.3 is 19.8 Å². The Morgan fingerprint density at radius 3 is 2.59 bits per heavy atom. The number of aromatic nitrogens is 4. The van der Waals surface area contributed by atoms with Gasteiger partial charge in [-0.3, -0.25) is 0 Å². The van der Waals surface area contributed by atoms with Crippen LogP contribution in [0, 0.1) is 0 Å². The molecule has 0 amide bonds. The van der Waals surface area contributed by atoms with Gasteiger partial charge in [-0.2, -0.15) is 0 Å². The molecule has 0 aliphatic carbocycles. The van der Waals surface area contributed by atoms with Crippen LogP contribution < -0.4 is 10.5 Å². The fourth-order valence-corrected chi connectivity index (χ4v) is 3.43. The summed E-state index contributed by atoms with van der Waals surface area (Å²) in [5.74, 6) is 1.28. The highest BCUT2D eigenvalue weighted by Crippen LogP contribution is 2.28. The average molecular weight is 391 g/mol. The summed E-state index contributed by atoms with van der Waals surface area (Å²) in [6.45, 7) is 2.06. The smallest absolute Gasteiger partial charge is 0.165 e. The van der Waals surface area contributed by atoms with Crippen LogP contribution in [-0.4, -0.2) is 39.8 Å². The molecule has 0 spiro atoms. The summed E-state index contributed by atoms with van der Waals surface area (Å²) >= 11 is 0. The maximum atomic E-state index is 6.18. The molecule has 2 N–H and O–H groups in total. The molecule has 0 unspecified atom stereocenters. The first-order chi connectivity index (χ1) is 14.3. The van der Waals surface area contributed by atoms with E-state index < -0.39 is 0 Å². The summed E-state index contributed by atoms with van der Waals surface area (Å²) in [4.78, 5) is 12.7. The molecule has 0 fully saturated rings. The number of nitrogen functional groups attached to an aromatic ring is 1. The quantitative estimate of drug-likeness (QED) is 0.437. The number of nitrogens with two attached hydrogens (primary N) is 1. The molecule has 4 aromatic rings. The van der Waals surface area contributed by atoms with Crippen molar-refractivity contribution in [2.75, 3.05) is 26.1 Å². The molecule has 2 heterocycles. The fourth-order valence-electron chi connectivity index (χ4n) is 3.43. The van der Waals surface area contributed by atoms with E-state index in [-0.39, 0.29) is 0 Å². The predicted molar refractivity (Wildman–Crippen MR) is 114 cm³/mol. The molecular formula is C22H25N5O2. The second-order valence-electron chi connectivity index (χ2n) is 7.01. The van der Waals surface area contributed by atoms with Crippen molar-refractivity contribution in [2.24, 2.45) is 0 Å². The fraction of sp³-hybridized carbons (Fsp3) is 0.318. The molecule has 0 bridgehead atoms. The largest absolute Gasteiger partial charge is 0.493 e. The van der Waals surface area contributed by atoms with Gasteiger partial charge in [-0.05, 0) is 42.2 Å². The van der Waals surface area contributed by atoms with E-state index in [1.165, 1.54) is 11.7 Å². The number of imidazole rings is 1. The molecule has 0 atom stereocenters. The maximum absolute atomic E-state index is 6.18. The van der Waals surface area contributed by atoms with Crippen molar-refractivity contribution >= 4 is 27.8 Å². The van der Waals surface area contributed by atoms with Gasteiger partial charge in [0.1, 0.15) is 17.6 Å². The number of anilines is 1. The van der Waals surface area contributed by atoms with Crippen LogP contribution in [0.15, 0.2) is 49.1 Å². The van der Waals surface area contributed by atoms with Crippen molar-refractivity contribution in [3.8, 4) is 5.75 Å². The number of hydrogen-bond donors (Lipinski definition) is 1. The van der Waals surface area contributed by atoms with Crippen LogP contribution in [0.2, 0.25) is 0 Å². The Morgan fingerprint density at radius 1 is 0.966 bits per heavy atom. The summed E-state index contributed by atoms with van der Waals surface area (Å²) in [6.07, 6.45) is 6.34. The van der Waals surface area contributed by atoms with Crippen LogP contribution in [0.3, 0.4) is 0 Å². The van der Waals surface area contributed by atoms with E-state index >= 15 is 0 Å². The Morgan fingerprint density at radius 2 is 1.76 bits per heavy atom. The molecule has 0 radical (unpaired) electrons. The van der Waals surface area contributed by atoms with Crippen LogP contribution >= 0.6 is 0 Å². The lowest BCUT2D eigenvalue weighted by molar-refractivity contribution is 0.189. The second-order valence-corrected chi connectivity index (χ2v) is 7.01. The first-order valence-corrected chi connectivity index (χ1v) is 9.81. The number of methoxy groups -OCH3 is 1. The Labute approximate surface area is 169 Å². The van der Waals surface area contributed by atoms with Crippen molar-refractivity contribution in [3.05, 3.63) is 54.6 Å². The number of unbranched alkanes of at least 4 members (excludes halogenated alkanes) is 2. The Bertz CT molecular complexity index is 1110. The Balaban J connectivity index is 1.60. The van der Waals surface area contributed by atoms with Crippen molar-refractivity contribution in [3.63, 3.8) is 0 Å². The average Bonchev–Trinajstić information content (AvgIpc) is 3.15. The van der Waals surface area contributed by atoms with Crippen LogP contribution in [-0.2, 0) is 11.3 Å². The molecular weight excluding hydrogens is 366 g/mol. The minimum absolute atomic E-state index is 0.389. The molecule has 0 aliphatic rings. The zero-order chi connectivity index (χ0) is 20.1. The summed E-state index contributed by atoms with van der Waals surface area (Å²) in [5.41, 5.74) is 8.34. The number of rotatable bonds is 9. The molecule has 7 nitrogen and oxygen atoms in total. The number of benzene rings is 2. The normalized spacial score (nSPS) is 11.3. The van der Waals surface area contributed by atoms with Crippen molar-refractivity contribution < 1.29 is 9.47 Å². The molecule has 2 aromatic heterocycles. The topological polar surface area (TPSA) is 88.1 Å². The highest BCUT2D eigenvalue weighted by Gasteiger charge is 2.12. The number of hydrogen-bond acceptors (Lipinski definition) is 6. The molecule has 4 rings (SSSR count). The molecule has 0 saturated carbocycles. The Kier molecular flexibility index (Phi) is 5.86. The van der Waals surface area contributed by atoms with Gasteiger partial charge in [0.25, 0.3) is 0 Å². The third-order valence-electron chi connectivity index (χ3n) is 4.95. The van der Waals surface area contributed by atoms with Gasteiger partial charge in [0.2, 0.25) is 0 Å². The van der Waals surface area contributed by atoms with Gasteiger partial charge in [-0.25, -0.2) is 15.0 Å². The standard InChI is InChI=1S/C22H25N5O2/c1-28-9-5-2-6-10-29-19-12-17-8-4-3-7-16(17)11-18(19)13-27-15-26-20-21(23)24-14-25-22(20)27/h3-4,7-8,11-12,14-15H,2,5-6,9-10,13H2,1H3,(H2,23,24,25). The number of ether oxygens (including phenoxy) is 2. The van der Waals surface area contributed by atoms with Gasteiger partial charge in [-0.15, -0.1) is 0 Å². The minimum Gasteiger partial charge on any atom is -0.493 e. The lowest BCUT2D eigenvalue weighted by Crippen LogP contribution is -2.05. The SMILES string of the molecule is COCCCCCOc1cc2ccccc2cc1Cn1cnc2c(N)ncnc21. The lowest BCUT2D eigenvalue weighted by Gasteiger charge is -2.14. The van der Waals surface area contributed by atoms with Crippen LogP contribution in [0.1, 0.15) is 24.8 Å². The van der Waals surface area contributed by atoms with E-state index in [9.17, 15) is 0 Å². The molecule has 150 valence electrons. The minimum atomic E-state index is 0.389. The zero-order valence-corrected chi connectivity index (χ0v) is 16.5. The number of fused-ring (bicyclic) bond motifs is 2. The Hall–Kier alpha value is -3.19. The van der Waals surface area contributed by atoms with E-state index in [1.54, 1.807) is 13.4 Å². The van der Waals surface area contributed by atoms with E-state index in [4.69, 9.17) is 15.2 Å². The zero-order valence-electron chi connectivity index (χ0n) is 16.5. The summed E-state index contributed by atoms with van der Waals surface area (Å²) in [7, 11) is 1.73. The van der Waals surface area contributed by atoms with Crippen molar-refractivity contribution in [1.29, 1.82) is 0 Å². The van der Waals surface area contributed by atoms with E-state index in [0.29, 0.717) is 24.5 Å². The molecule has 0 saturated heterocycles. The van der Waals surface area contributed by atoms with Crippen LogP contribution in [0.5, 0.6) is 5.75 Å². The van der Waals surface area contributed by atoms with Gasteiger partial charge in [0.05, 0.1) is 19.5 Å². The van der Waals surface area contributed by atoms with E-state index in [0.717, 1.165) is 48.2 Å². The summed E-state index contributed by atoms with van der Waals surface area (Å²) < 4.78 is 13.3. The summed E-state index contributed by atoms with van der Waals surface area (Å²) in [5, 5.41) is 2.33. The molecule has 0 aliphatic heterocycles. The number of nitrogens with zero attached hydrogens (tertiary/aromatic N) is 4.